The van der Waals surface area contributed by atoms with Gasteiger partial charge in [-0.05, 0) is 36.6 Å². The van der Waals surface area contributed by atoms with Crippen LogP contribution in [0.15, 0.2) is 24.3 Å². The van der Waals surface area contributed by atoms with E-state index >= 15 is 0 Å². The topological polar surface area (TPSA) is 74.2 Å². The van der Waals surface area contributed by atoms with Gasteiger partial charge < -0.3 is 19.8 Å². The first-order valence-corrected chi connectivity index (χ1v) is 7.44. The van der Waals surface area contributed by atoms with Gasteiger partial charge in [-0.3, -0.25) is 4.79 Å². The van der Waals surface area contributed by atoms with Gasteiger partial charge in [0.1, 0.15) is 5.69 Å². The molecule has 1 amide bonds. The minimum Gasteiger partial charge on any atom is -0.548 e. The predicted octanol–water partition coefficient (Wildman–Crippen LogP) is 1.73. The minimum atomic E-state index is -1.27. The molecule has 1 N–H and O–H groups in total. The van der Waals surface area contributed by atoms with Crippen LogP contribution in [0.2, 0.25) is 5.02 Å². The first-order chi connectivity index (χ1) is 10.3. The van der Waals surface area contributed by atoms with Gasteiger partial charge >= 0.3 is 0 Å². The number of amides is 1. The summed E-state index contributed by atoms with van der Waals surface area (Å²) in [5.74, 6) is -1.58. The quantitative estimate of drug-likeness (QED) is 0.911. The monoisotopic (exact) mass is 321 g/mol. The molecule has 0 saturated heterocycles. The van der Waals surface area contributed by atoms with E-state index in [1.165, 1.54) is 0 Å². The van der Waals surface area contributed by atoms with Gasteiger partial charge in [0.2, 0.25) is 0 Å². The van der Waals surface area contributed by atoms with Gasteiger partial charge in [0.15, 0.2) is 0 Å². The molecule has 0 bridgehead atoms. The number of nitrogens with zero attached hydrogens (tertiary/aromatic N) is 1. The van der Waals surface area contributed by atoms with E-state index in [0.29, 0.717) is 17.1 Å². The van der Waals surface area contributed by atoms with E-state index in [9.17, 15) is 14.7 Å². The summed E-state index contributed by atoms with van der Waals surface area (Å²) in [6, 6.07) is 6.01. The maximum absolute atomic E-state index is 12.4. The van der Waals surface area contributed by atoms with Crippen LogP contribution in [0.1, 0.15) is 30.8 Å². The van der Waals surface area contributed by atoms with E-state index in [-0.39, 0.29) is 5.92 Å². The summed E-state index contributed by atoms with van der Waals surface area (Å²) in [6.45, 7) is 3.78. The van der Waals surface area contributed by atoms with Gasteiger partial charge in [-0.25, -0.2) is 0 Å². The van der Waals surface area contributed by atoms with E-state index in [2.05, 4.69) is 5.32 Å². The first-order valence-electron chi connectivity index (χ1n) is 7.06. The Morgan fingerprint density at radius 3 is 2.59 bits per heavy atom. The summed E-state index contributed by atoms with van der Waals surface area (Å²) in [7, 11) is 1.75. The fourth-order valence-electron chi connectivity index (χ4n) is 2.46. The highest BCUT2D eigenvalue weighted by atomic mass is 35.5. The summed E-state index contributed by atoms with van der Waals surface area (Å²) in [6.07, 6.45) is 0.323. The third kappa shape index (κ3) is 3.42. The predicted molar refractivity (Wildman–Crippen MR) is 83.6 cm³/mol. The van der Waals surface area contributed by atoms with Crippen molar-refractivity contribution in [2.75, 3.05) is 0 Å². The Hall–Kier alpha value is -2.01. The molecule has 1 atom stereocenters. The number of carboxylic acid groups (broad SMARTS) is 1. The number of aryl methyl sites for hydroxylation is 1. The van der Waals surface area contributed by atoms with E-state index in [4.69, 9.17) is 11.6 Å². The number of carbonyl (C=O) groups is 2. The average Bonchev–Trinajstić information content (AvgIpc) is 2.74. The van der Waals surface area contributed by atoms with Crippen LogP contribution in [0.4, 0.5) is 0 Å². The average molecular weight is 322 g/mol. The van der Waals surface area contributed by atoms with Crippen LogP contribution >= 0.6 is 11.6 Å². The molecule has 2 rings (SSSR count). The Labute approximate surface area is 133 Å². The lowest BCUT2D eigenvalue weighted by Gasteiger charge is -2.21. The molecule has 0 spiro atoms. The number of carbonyl (C=O) groups excluding carboxylic acids is 2. The second kappa shape index (κ2) is 6.40. The highest BCUT2D eigenvalue weighted by Gasteiger charge is 2.19. The number of aromatic nitrogens is 1. The summed E-state index contributed by atoms with van der Waals surface area (Å²) in [4.78, 5) is 23.5. The molecule has 118 valence electrons. The molecule has 5 nitrogen and oxygen atoms in total. The molecular weight excluding hydrogens is 304 g/mol. The van der Waals surface area contributed by atoms with Crippen molar-refractivity contribution in [1.82, 2.24) is 9.88 Å². The lowest BCUT2D eigenvalue weighted by molar-refractivity contribution is -0.308. The Morgan fingerprint density at radius 1 is 1.32 bits per heavy atom. The lowest BCUT2D eigenvalue weighted by Crippen LogP contribution is -2.48. The van der Waals surface area contributed by atoms with Crippen molar-refractivity contribution in [3.63, 3.8) is 0 Å². The molecule has 1 aromatic carbocycles. The number of nitrogens with one attached hydrogen (secondary N) is 1. The van der Waals surface area contributed by atoms with Crippen molar-refractivity contribution in [3.05, 3.63) is 35.0 Å². The minimum absolute atomic E-state index is 0.134. The normalized spacial score (nSPS) is 12.6. The fourth-order valence-corrected chi connectivity index (χ4v) is 2.64. The van der Waals surface area contributed by atoms with E-state index in [0.717, 1.165) is 10.9 Å². The molecule has 6 heteroatoms. The van der Waals surface area contributed by atoms with Crippen LogP contribution < -0.4 is 10.4 Å². The van der Waals surface area contributed by atoms with Crippen LogP contribution in [-0.2, 0) is 11.8 Å². The standard InChI is InChI=1S/C16H19ClN2O3/c1-9(2)6-12(16(21)22)18-15(20)14-8-10-7-11(17)4-5-13(10)19(14)3/h4-5,7-9,12H,6H2,1-3H3,(H,18,20)(H,21,22)/p-1/t12-/m0/s1. The Bertz CT molecular complexity index is 721. The van der Waals surface area contributed by atoms with Gasteiger partial charge in [-0.2, -0.15) is 0 Å². The number of aliphatic carboxylic acids is 1. The van der Waals surface area contributed by atoms with Gasteiger partial charge in [0.25, 0.3) is 5.91 Å². The van der Waals surface area contributed by atoms with Crippen LogP contribution in [0.25, 0.3) is 10.9 Å². The highest BCUT2D eigenvalue weighted by molar-refractivity contribution is 6.31. The van der Waals surface area contributed by atoms with Crippen LogP contribution in [0, 0.1) is 5.92 Å². The van der Waals surface area contributed by atoms with Crippen LogP contribution in [0.5, 0.6) is 0 Å². The van der Waals surface area contributed by atoms with Crippen molar-refractivity contribution in [1.29, 1.82) is 0 Å². The molecule has 0 unspecified atom stereocenters. The molecule has 0 fully saturated rings. The zero-order valence-electron chi connectivity index (χ0n) is 12.7. The molecular formula is C16H18ClN2O3-. The molecule has 0 aliphatic heterocycles. The Balaban J connectivity index is 2.29. The zero-order valence-corrected chi connectivity index (χ0v) is 13.5. The lowest BCUT2D eigenvalue weighted by atomic mass is 10.0. The molecule has 1 aromatic heterocycles. The molecule has 0 aliphatic carbocycles. The van der Waals surface area contributed by atoms with Crippen molar-refractivity contribution in [3.8, 4) is 0 Å². The van der Waals surface area contributed by atoms with Gasteiger partial charge in [-0.15, -0.1) is 0 Å². The molecule has 0 radical (unpaired) electrons. The summed E-state index contributed by atoms with van der Waals surface area (Å²) >= 11 is 5.95. The number of carboxylic acids is 1. The smallest absolute Gasteiger partial charge is 0.268 e. The zero-order chi connectivity index (χ0) is 16.4. The molecule has 0 aliphatic rings. The number of halogens is 1. The molecule has 22 heavy (non-hydrogen) atoms. The summed E-state index contributed by atoms with van der Waals surface area (Å²) < 4.78 is 1.71. The van der Waals surface area contributed by atoms with Crippen molar-refractivity contribution < 1.29 is 14.7 Å². The number of fused-ring (bicyclic) bond motifs is 1. The maximum Gasteiger partial charge on any atom is 0.268 e. The van der Waals surface area contributed by atoms with E-state index < -0.39 is 17.9 Å². The Morgan fingerprint density at radius 2 is 2.00 bits per heavy atom. The van der Waals surface area contributed by atoms with Crippen molar-refractivity contribution in [2.24, 2.45) is 13.0 Å². The molecule has 1 heterocycles. The third-order valence-corrected chi connectivity index (χ3v) is 3.77. The summed E-state index contributed by atoms with van der Waals surface area (Å²) in [5, 5.41) is 15.1. The third-order valence-electron chi connectivity index (χ3n) is 3.53. The van der Waals surface area contributed by atoms with E-state index in [1.807, 2.05) is 19.9 Å². The van der Waals surface area contributed by atoms with Crippen LogP contribution in [0.3, 0.4) is 0 Å². The second-order valence-corrected chi connectivity index (χ2v) is 6.20. The number of rotatable bonds is 5. The van der Waals surface area contributed by atoms with Gasteiger partial charge in [0, 0.05) is 23.0 Å². The number of benzene rings is 1. The first kappa shape index (κ1) is 16.4. The molecule has 2 aromatic rings. The number of hydrogen-bond donors (Lipinski definition) is 1. The van der Waals surface area contributed by atoms with Crippen molar-refractivity contribution >= 4 is 34.4 Å². The Kier molecular flexibility index (Phi) is 4.76. The second-order valence-electron chi connectivity index (χ2n) is 5.77. The van der Waals surface area contributed by atoms with Gasteiger partial charge in [-0.1, -0.05) is 25.4 Å². The van der Waals surface area contributed by atoms with E-state index in [1.54, 1.807) is 29.8 Å². The largest absolute Gasteiger partial charge is 0.548 e. The van der Waals surface area contributed by atoms with Gasteiger partial charge in [0.05, 0.1) is 12.0 Å². The van der Waals surface area contributed by atoms with Crippen LogP contribution in [-0.4, -0.2) is 22.5 Å². The highest BCUT2D eigenvalue weighted by Crippen LogP contribution is 2.22. The number of hydrogen-bond acceptors (Lipinski definition) is 3. The van der Waals surface area contributed by atoms with Crippen molar-refractivity contribution in [2.45, 2.75) is 26.3 Å². The fraction of sp³-hybridized carbons (Fsp3) is 0.375. The SMILES string of the molecule is CC(C)C[C@H](NC(=O)c1cc2cc(Cl)ccc2n1C)C(=O)[O-]. The molecule has 0 saturated carbocycles. The maximum atomic E-state index is 12.4. The summed E-state index contributed by atoms with van der Waals surface area (Å²) in [5.41, 5.74) is 1.23.